The maximum Gasteiger partial charge on any atom is 0.277 e. The molecule has 1 aromatic rings. The average Bonchev–Trinajstić information content (AvgIpc) is 2.61. The molecule has 0 spiro atoms. The molecule has 1 heterocycles. The Morgan fingerprint density at radius 1 is 1.53 bits per heavy atom. The molecule has 6 heteroatoms. The Kier molecular flexibility index (Phi) is 3.57. The van der Waals surface area contributed by atoms with E-state index in [1.54, 1.807) is 6.92 Å². The van der Waals surface area contributed by atoms with Crippen LogP contribution in [-0.2, 0) is 4.79 Å². The molecule has 1 aliphatic heterocycles. The van der Waals surface area contributed by atoms with Gasteiger partial charge in [-0.3, -0.25) is 9.69 Å². The summed E-state index contributed by atoms with van der Waals surface area (Å²) in [4.78, 5) is 17.6. The van der Waals surface area contributed by atoms with E-state index in [0.29, 0.717) is 17.9 Å². The number of rotatable bonds is 2. The van der Waals surface area contributed by atoms with E-state index in [2.05, 4.69) is 4.99 Å². The number of likely N-dealkylation sites (N-methyl/N-ethyl adjacent to an activating group) is 1. The van der Waals surface area contributed by atoms with Gasteiger partial charge in [0, 0.05) is 6.54 Å². The van der Waals surface area contributed by atoms with Gasteiger partial charge in [-0.15, -0.1) is 0 Å². The second kappa shape index (κ2) is 5.01. The van der Waals surface area contributed by atoms with Crippen molar-refractivity contribution in [3.63, 3.8) is 0 Å². The molecule has 1 aliphatic rings. The highest BCUT2D eigenvalue weighted by atomic mass is 35.5. The Balaban J connectivity index is 2.41. The van der Waals surface area contributed by atoms with E-state index in [4.69, 9.17) is 11.6 Å². The first-order chi connectivity index (χ1) is 8.93. The number of carbonyl (C=O) groups is 1. The molecule has 0 saturated heterocycles. The lowest BCUT2D eigenvalue weighted by Crippen LogP contribution is -2.29. The van der Waals surface area contributed by atoms with Crippen molar-refractivity contribution < 1.29 is 14.3 Å². The molecule has 0 atom stereocenters. The van der Waals surface area contributed by atoms with Gasteiger partial charge in [-0.1, -0.05) is 11.6 Å². The summed E-state index contributed by atoms with van der Waals surface area (Å²) in [6, 6.07) is 2.47. The number of phenolic OH excluding ortho intramolecular Hbond substituents is 1. The zero-order chi connectivity index (χ0) is 14.2. The lowest BCUT2D eigenvalue weighted by molar-refractivity contribution is -0.122. The highest BCUT2D eigenvalue weighted by Gasteiger charge is 2.25. The first kappa shape index (κ1) is 13.5. The Bertz CT molecular complexity index is 588. The molecular formula is C13H12ClFN2O2. The zero-order valence-corrected chi connectivity index (χ0v) is 11.2. The van der Waals surface area contributed by atoms with Crippen LogP contribution in [0.25, 0.3) is 6.08 Å². The van der Waals surface area contributed by atoms with Gasteiger partial charge in [0.15, 0.2) is 11.6 Å². The molecule has 0 bridgehead atoms. The van der Waals surface area contributed by atoms with Gasteiger partial charge in [0.25, 0.3) is 5.91 Å². The normalized spacial score (nSPS) is 17.3. The Hall–Kier alpha value is -1.88. The van der Waals surface area contributed by atoms with Gasteiger partial charge >= 0.3 is 0 Å². The monoisotopic (exact) mass is 282 g/mol. The quantitative estimate of drug-likeness (QED) is 0.848. The first-order valence-corrected chi connectivity index (χ1v) is 6.08. The molecule has 0 fully saturated rings. The molecule has 0 aliphatic carbocycles. The van der Waals surface area contributed by atoms with Gasteiger partial charge in [-0.05, 0) is 37.6 Å². The van der Waals surface area contributed by atoms with E-state index in [1.165, 1.54) is 17.0 Å². The molecule has 0 unspecified atom stereocenters. The molecule has 0 radical (unpaired) electrons. The maximum atomic E-state index is 13.3. The fourth-order valence-electron chi connectivity index (χ4n) is 1.86. The van der Waals surface area contributed by atoms with Gasteiger partial charge in [0.1, 0.15) is 11.5 Å². The smallest absolute Gasteiger partial charge is 0.277 e. The molecule has 19 heavy (non-hydrogen) atoms. The summed E-state index contributed by atoms with van der Waals surface area (Å²) in [6.07, 6.45) is 1.44. The number of hydrogen-bond acceptors (Lipinski definition) is 3. The molecule has 1 aromatic carbocycles. The lowest BCUT2D eigenvalue weighted by atomic mass is 10.1. The maximum absolute atomic E-state index is 13.3. The minimum atomic E-state index is -0.835. The third-order valence-electron chi connectivity index (χ3n) is 2.80. The number of amidine groups is 1. The van der Waals surface area contributed by atoms with E-state index >= 15 is 0 Å². The number of amides is 1. The van der Waals surface area contributed by atoms with Crippen LogP contribution in [0.3, 0.4) is 0 Å². The first-order valence-electron chi connectivity index (χ1n) is 5.71. The summed E-state index contributed by atoms with van der Waals surface area (Å²) in [7, 11) is 0. The third kappa shape index (κ3) is 2.46. The van der Waals surface area contributed by atoms with Crippen molar-refractivity contribution in [1.29, 1.82) is 0 Å². The summed E-state index contributed by atoms with van der Waals surface area (Å²) in [5.41, 5.74) is 0.596. The molecule has 4 nitrogen and oxygen atoms in total. The van der Waals surface area contributed by atoms with Crippen molar-refractivity contribution in [3.05, 3.63) is 34.2 Å². The van der Waals surface area contributed by atoms with Crippen LogP contribution >= 0.6 is 11.6 Å². The Morgan fingerprint density at radius 2 is 2.21 bits per heavy atom. The van der Waals surface area contributed by atoms with Gasteiger partial charge in [-0.25, -0.2) is 9.38 Å². The average molecular weight is 283 g/mol. The molecule has 0 aromatic heterocycles. The van der Waals surface area contributed by atoms with Crippen molar-refractivity contribution in [3.8, 4) is 5.75 Å². The zero-order valence-electron chi connectivity index (χ0n) is 10.4. The molecule has 2 rings (SSSR count). The van der Waals surface area contributed by atoms with Crippen molar-refractivity contribution in [2.45, 2.75) is 13.8 Å². The van der Waals surface area contributed by atoms with E-state index in [0.717, 1.165) is 6.07 Å². The van der Waals surface area contributed by atoms with Crippen LogP contribution in [0.5, 0.6) is 5.75 Å². The number of carbonyl (C=O) groups excluding carboxylic acids is 1. The minimum Gasteiger partial charge on any atom is -0.504 e. The molecule has 100 valence electrons. The number of benzene rings is 1. The second-order valence-corrected chi connectivity index (χ2v) is 4.48. The van der Waals surface area contributed by atoms with Crippen LogP contribution in [0.1, 0.15) is 19.4 Å². The van der Waals surface area contributed by atoms with E-state index in [1.807, 2.05) is 6.92 Å². The highest BCUT2D eigenvalue weighted by Crippen LogP contribution is 2.29. The number of hydrogen-bond donors (Lipinski definition) is 1. The van der Waals surface area contributed by atoms with Crippen LogP contribution in [0.2, 0.25) is 5.02 Å². The van der Waals surface area contributed by atoms with Crippen molar-refractivity contribution in [2.24, 2.45) is 4.99 Å². The Labute approximate surface area is 114 Å². The number of halogens is 2. The number of aliphatic imine (C=N–C) groups is 1. The SMILES string of the molecule is CCN1C(=O)/C(=C/c2cc(F)c(O)c(Cl)c2)N=C1C. The topological polar surface area (TPSA) is 52.9 Å². The van der Waals surface area contributed by atoms with E-state index in [-0.39, 0.29) is 16.6 Å². The molecule has 1 amide bonds. The van der Waals surface area contributed by atoms with Crippen LogP contribution in [0.4, 0.5) is 4.39 Å². The predicted octanol–water partition coefficient (Wildman–Crippen LogP) is 2.81. The van der Waals surface area contributed by atoms with E-state index < -0.39 is 11.6 Å². The Morgan fingerprint density at radius 3 is 2.74 bits per heavy atom. The van der Waals surface area contributed by atoms with Crippen molar-refractivity contribution >= 4 is 29.4 Å². The number of aromatic hydroxyl groups is 1. The molecule has 0 saturated carbocycles. The van der Waals surface area contributed by atoms with Crippen LogP contribution in [-0.4, -0.2) is 28.3 Å². The van der Waals surface area contributed by atoms with Crippen molar-refractivity contribution in [2.75, 3.05) is 6.54 Å². The summed E-state index contributed by atoms with van der Waals surface area (Å²) < 4.78 is 13.3. The second-order valence-electron chi connectivity index (χ2n) is 4.07. The van der Waals surface area contributed by atoms with Crippen LogP contribution < -0.4 is 0 Å². The number of nitrogens with zero attached hydrogens (tertiary/aromatic N) is 2. The summed E-state index contributed by atoms with van der Waals surface area (Å²) in [5.74, 6) is -1.07. The summed E-state index contributed by atoms with van der Waals surface area (Å²) >= 11 is 5.68. The lowest BCUT2D eigenvalue weighted by Gasteiger charge is -2.11. The summed E-state index contributed by atoms with van der Waals surface area (Å²) in [6.45, 7) is 4.10. The van der Waals surface area contributed by atoms with E-state index in [9.17, 15) is 14.3 Å². The predicted molar refractivity (Wildman–Crippen MR) is 71.5 cm³/mol. The van der Waals surface area contributed by atoms with Crippen molar-refractivity contribution in [1.82, 2.24) is 4.90 Å². The highest BCUT2D eigenvalue weighted by molar-refractivity contribution is 6.32. The number of phenols is 1. The molecular weight excluding hydrogens is 271 g/mol. The third-order valence-corrected chi connectivity index (χ3v) is 3.08. The van der Waals surface area contributed by atoms with Crippen LogP contribution in [0.15, 0.2) is 22.8 Å². The van der Waals surface area contributed by atoms with Gasteiger partial charge in [0.05, 0.1) is 5.02 Å². The fraction of sp³-hybridized carbons (Fsp3) is 0.231. The fourth-order valence-corrected chi connectivity index (χ4v) is 2.08. The van der Waals surface area contributed by atoms with Gasteiger partial charge in [0.2, 0.25) is 0 Å². The standard InChI is InChI=1S/C13H12ClFN2O2/c1-3-17-7(2)16-11(13(17)19)6-8-4-9(14)12(18)10(15)5-8/h4-6,18H,3H2,1-2H3/b11-6-. The van der Waals surface area contributed by atoms with Gasteiger partial charge < -0.3 is 5.11 Å². The minimum absolute atomic E-state index is 0.106. The van der Waals surface area contributed by atoms with Crippen LogP contribution in [0, 0.1) is 5.82 Å². The largest absolute Gasteiger partial charge is 0.504 e. The summed E-state index contributed by atoms with van der Waals surface area (Å²) in [5, 5.41) is 9.13. The molecule has 1 N–H and O–H groups in total. The van der Waals surface area contributed by atoms with Gasteiger partial charge in [-0.2, -0.15) is 0 Å².